The van der Waals surface area contributed by atoms with Gasteiger partial charge in [0.15, 0.2) is 6.61 Å². The van der Waals surface area contributed by atoms with E-state index in [0.29, 0.717) is 12.3 Å². The van der Waals surface area contributed by atoms with Crippen molar-refractivity contribution in [3.8, 4) is 5.75 Å². The number of ether oxygens (including phenoxy) is 1. The van der Waals surface area contributed by atoms with Gasteiger partial charge in [0.2, 0.25) is 5.91 Å². The molecule has 0 aliphatic carbocycles. The predicted octanol–water partition coefficient (Wildman–Crippen LogP) is 4.93. The quantitative estimate of drug-likeness (QED) is 0.477. The van der Waals surface area contributed by atoms with E-state index < -0.39 is 0 Å². The van der Waals surface area contributed by atoms with Crippen LogP contribution in [0.4, 0.5) is 0 Å². The lowest BCUT2D eigenvalue weighted by molar-refractivity contribution is -0.144. The van der Waals surface area contributed by atoms with E-state index in [2.05, 4.69) is 23.6 Å². The third kappa shape index (κ3) is 5.28. The van der Waals surface area contributed by atoms with Gasteiger partial charge in [0.1, 0.15) is 12.3 Å². The third-order valence-corrected chi connectivity index (χ3v) is 7.25. The van der Waals surface area contributed by atoms with Gasteiger partial charge in [-0.25, -0.2) is 0 Å². The molecule has 0 radical (unpaired) electrons. The molecule has 0 spiro atoms. The molecule has 33 heavy (non-hydrogen) atoms. The van der Waals surface area contributed by atoms with Crippen molar-refractivity contribution in [1.82, 2.24) is 9.80 Å². The molecule has 5 nitrogen and oxygen atoms in total. The van der Waals surface area contributed by atoms with Crippen LogP contribution in [-0.4, -0.2) is 47.4 Å². The Labute approximate surface area is 199 Å². The van der Waals surface area contributed by atoms with Crippen molar-refractivity contribution in [2.24, 2.45) is 0 Å². The molecule has 2 atom stereocenters. The number of hydrogen-bond donors (Lipinski definition) is 0. The number of hydrogen-bond acceptors (Lipinski definition) is 4. The summed E-state index contributed by atoms with van der Waals surface area (Å²) in [4.78, 5) is 31.6. The van der Waals surface area contributed by atoms with E-state index in [0.717, 1.165) is 18.4 Å². The summed E-state index contributed by atoms with van der Waals surface area (Å²) in [5.41, 5.74) is 2.29. The summed E-state index contributed by atoms with van der Waals surface area (Å²) < 4.78 is 5.68. The van der Waals surface area contributed by atoms with Crippen LogP contribution in [0.15, 0.2) is 72.1 Å². The van der Waals surface area contributed by atoms with Crippen molar-refractivity contribution < 1.29 is 14.3 Å². The highest BCUT2D eigenvalue weighted by Crippen LogP contribution is 2.37. The molecule has 6 heteroatoms. The number of carbonyl (C=O) groups is 2. The number of nitrogens with zero attached hydrogens (tertiary/aromatic N) is 2. The van der Waals surface area contributed by atoms with Crippen LogP contribution in [0.3, 0.4) is 0 Å². The van der Waals surface area contributed by atoms with Crippen molar-refractivity contribution in [1.29, 1.82) is 0 Å². The van der Waals surface area contributed by atoms with Crippen LogP contribution in [0.2, 0.25) is 0 Å². The van der Waals surface area contributed by atoms with Gasteiger partial charge in [0.25, 0.3) is 5.91 Å². The Morgan fingerprint density at radius 1 is 1.09 bits per heavy atom. The molecule has 1 aromatic heterocycles. The van der Waals surface area contributed by atoms with Crippen LogP contribution in [0, 0.1) is 0 Å². The monoisotopic (exact) mass is 462 g/mol. The Hall–Kier alpha value is -3.12. The van der Waals surface area contributed by atoms with Crippen molar-refractivity contribution in [2.75, 3.05) is 19.7 Å². The number of thiophene rings is 1. The van der Waals surface area contributed by atoms with E-state index in [4.69, 9.17) is 4.74 Å². The van der Waals surface area contributed by atoms with E-state index in [1.54, 1.807) is 16.2 Å². The van der Waals surface area contributed by atoms with Gasteiger partial charge in [-0.15, -0.1) is 11.3 Å². The molecule has 0 saturated heterocycles. The Morgan fingerprint density at radius 2 is 1.79 bits per heavy atom. The first-order valence-corrected chi connectivity index (χ1v) is 12.3. The molecule has 1 aliphatic heterocycles. The molecule has 2 amide bonds. The molecule has 4 rings (SSSR count). The number of rotatable bonds is 8. The van der Waals surface area contributed by atoms with Crippen LogP contribution < -0.4 is 4.74 Å². The number of benzene rings is 2. The van der Waals surface area contributed by atoms with Crippen molar-refractivity contribution >= 4 is 23.2 Å². The molecular formula is C27H30N2O3S. The average Bonchev–Trinajstić information content (AvgIpc) is 3.34. The molecule has 172 valence electrons. The fourth-order valence-electron chi connectivity index (χ4n) is 4.27. The summed E-state index contributed by atoms with van der Waals surface area (Å²) in [5.74, 6) is 0.437. The Morgan fingerprint density at radius 3 is 2.48 bits per heavy atom. The highest BCUT2D eigenvalue weighted by molar-refractivity contribution is 7.10. The SMILES string of the molecule is CCC(C)N(CC(=O)N1CCc2sccc2C1c1ccccc1)C(=O)COc1ccccc1. The zero-order valence-corrected chi connectivity index (χ0v) is 20.0. The Kier molecular flexibility index (Phi) is 7.45. The van der Waals surface area contributed by atoms with Crippen molar-refractivity contribution in [3.63, 3.8) is 0 Å². The second kappa shape index (κ2) is 10.7. The van der Waals surface area contributed by atoms with Gasteiger partial charge in [0, 0.05) is 17.5 Å². The minimum Gasteiger partial charge on any atom is -0.484 e. The maximum Gasteiger partial charge on any atom is 0.261 e. The molecule has 0 bridgehead atoms. The first-order valence-electron chi connectivity index (χ1n) is 11.5. The average molecular weight is 463 g/mol. The molecule has 2 aromatic carbocycles. The molecule has 2 unspecified atom stereocenters. The molecule has 2 heterocycles. The fraction of sp³-hybridized carbons (Fsp3) is 0.333. The Bertz CT molecular complexity index is 1070. The Balaban J connectivity index is 1.52. The summed E-state index contributed by atoms with van der Waals surface area (Å²) in [6.07, 6.45) is 1.61. The maximum atomic E-state index is 13.6. The predicted molar refractivity (Wildman–Crippen MR) is 131 cm³/mol. The summed E-state index contributed by atoms with van der Waals surface area (Å²) >= 11 is 1.75. The lowest BCUT2D eigenvalue weighted by Crippen LogP contribution is -2.50. The van der Waals surface area contributed by atoms with E-state index in [1.807, 2.05) is 67.3 Å². The number of fused-ring (bicyclic) bond motifs is 1. The van der Waals surface area contributed by atoms with Crippen molar-refractivity contribution in [2.45, 2.75) is 38.8 Å². The number of para-hydroxylation sites is 1. The normalized spacial score (nSPS) is 16.1. The van der Waals surface area contributed by atoms with E-state index in [-0.39, 0.29) is 37.0 Å². The van der Waals surface area contributed by atoms with Crippen LogP contribution in [0.5, 0.6) is 5.75 Å². The molecule has 0 fully saturated rings. The largest absolute Gasteiger partial charge is 0.484 e. The molecule has 0 N–H and O–H groups in total. The second-order valence-electron chi connectivity index (χ2n) is 8.33. The van der Waals surface area contributed by atoms with Crippen LogP contribution >= 0.6 is 11.3 Å². The lowest BCUT2D eigenvalue weighted by atomic mass is 9.93. The van der Waals surface area contributed by atoms with E-state index in [1.165, 1.54) is 10.4 Å². The highest BCUT2D eigenvalue weighted by atomic mass is 32.1. The van der Waals surface area contributed by atoms with Crippen LogP contribution in [-0.2, 0) is 16.0 Å². The fourth-order valence-corrected chi connectivity index (χ4v) is 5.18. The number of amides is 2. The van der Waals surface area contributed by atoms with Crippen LogP contribution in [0.25, 0.3) is 0 Å². The summed E-state index contributed by atoms with van der Waals surface area (Å²) in [6.45, 7) is 4.62. The minimum atomic E-state index is -0.175. The first kappa shape index (κ1) is 23.1. The zero-order valence-electron chi connectivity index (χ0n) is 19.1. The van der Waals surface area contributed by atoms with Gasteiger partial charge in [-0.2, -0.15) is 0 Å². The highest BCUT2D eigenvalue weighted by Gasteiger charge is 2.34. The second-order valence-corrected chi connectivity index (χ2v) is 9.33. The minimum absolute atomic E-state index is 0.0333. The lowest BCUT2D eigenvalue weighted by Gasteiger charge is -2.38. The van der Waals surface area contributed by atoms with Gasteiger partial charge < -0.3 is 14.5 Å². The summed E-state index contributed by atoms with van der Waals surface area (Å²) in [6, 6.07) is 21.4. The van der Waals surface area contributed by atoms with Gasteiger partial charge in [-0.05, 0) is 54.5 Å². The molecule has 1 aliphatic rings. The zero-order chi connectivity index (χ0) is 23.2. The first-order chi connectivity index (χ1) is 16.1. The van der Waals surface area contributed by atoms with Crippen molar-refractivity contribution in [3.05, 3.63) is 88.1 Å². The van der Waals surface area contributed by atoms with Gasteiger partial charge in [0.05, 0.1) is 6.04 Å². The van der Waals surface area contributed by atoms with E-state index in [9.17, 15) is 9.59 Å². The topological polar surface area (TPSA) is 49.9 Å². The standard InChI is InChI=1S/C27H30N2O3S/c1-3-20(2)29(26(31)19-32-22-12-8-5-9-13-22)18-25(30)28-16-14-24-23(15-17-33-24)27(28)21-10-6-4-7-11-21/h4-13,15,17,20,27H,3,14,16,18-19H2,1-2H3. The molecule has 3 aromatic rings. The van der Waals surface area contributed by atoms with Gasteiger partial charge in [-0.3, -0.25) is 9.59 Å². The summed E-state index contributed by atoms with van der Waals surface area (Å²) in [7, 11) is 0. The third-order valence-electron chi connectivity index (χ3n) is 6.26. The summed E-state index contributed by atoms with van der Waals surface area (Å²) in [5, 5.41) is 2.10. The maximum absolute atomic E-state index is 13.6. The van der Waals surface area contributed by atoms with Gasteiger partial charge >= 0.3 is 0 Å². The van der Waals surface area contributed by atoms with E-state index >= 15 is 0 Å². The van der Waals surface area contributed by atoms with Gasteiger partial charge in [-0.1, -0.05) is 55.5 Å². The molecular weight excluding hydrogens is 432 g/mol. The smallest absolute Gasteiger partial charge is 0.261 e. The van der Waals surface area contributed by atoms with Crippen LogP contribution in [0.1, 0.15) is 42.3 Å². The molecule has 0 saturated carbocycles. The number of carbonyl (C=O) groups excluding carboxylic acids is 2.